The van der Waals surface area contributed by atoms with E-state index in [9.17, 15) is 9.59 Å². The molecule has 0 aliphatic carbocycles. The maximum Gasteiger partial charge on any atom is 0.343 e. The number of hydrogen-bond donors (Lipinski definition) is 1. The van der Waals surface area contributed by atoms with Gasteiger partial charge in [-0.25, -0.2) is 10.2 Å². The summed E-state index contributed by atoms with van der Waals surface area (Å²) in [5.41, 5.74) is 3.78. The zero-order valence-corrected chi connectivity index (χ0v) is 20.7. The summed E-state index contributed by atoms with van der Waals surface area (Å²) < 4.78 is 21.6. The van der Waals surface area contributed by atoms with Crippen LogP contribution in [0.25, 0.3) is 10.8 Å². The fourth-order valence-electron chi connectivity index (χ4n) is 3.71. The molecule has 4 aromatic rings. The monoisotopic (exact) mass is 498 g/mol. The molecule has 0 radical (unpaired) electrons. The second-order valence-electron chi connectivity index (χ2n) is 7.81. The van der Waals surface area contributed by atoms with E-state index in [0.29, 0.717) is 46.3 Å². The third-order valence-electron chi connectivity index (χ3n) is 5.54. The van der Waals surface area contributed by atoms with Gasteiger partial charge in [0.25, 0.3) is 5.91 Å². The second-order valence-corrected chi connectivity index (χ2v) is 7.81. The molecule has 8 nitrogen and oxygen atoms in total. The number of hydrogen-bond acceptors (Lipinski definition) is 7. The highest BCUT2D eigenvalue weighted by Crippen LogP contribution is 2.29. The molecule has 4 aromatic carbocycles. The summed E-state index contributed by atoms with van der Waals surface area (Å²) in [5.74, 6) is 0.950. The number of methoxy groups -OCH3 is 2. The number of esters is 1. The molecule has 0 heterocycles. The van der Waals surface area contributed by atoms with Gasteiger partial charge in [0.1, 0.15) is 11.5 Å². The number of hydrazone groups is 1. The Morgan fingerprint density at radius 2 is 1.54 bits per heavy atom. The van der Waals surface area contributed by atoms with Crippen LogP contribution in [0.2, 0.25) is 0 Å². The average Bonchev–Trinajstić information content (AvgIpc) is 2.94. The highest BCUT2D eigenvalue weighted by atomic mass is 16.5. The van der Waals surface area contributed by atoms with E-state index in [1.165, 1.54) is 20.4 Å². The Kier molecular flexibility index (Phi) is 8.00. The molecule has 0 atom stereocenters. The first kappa shape index (κ1) is 25.2. The van der Waals surface area contributed by atoms with Crippen molar-refractivity contribution in [2.75, 3.05) is 20.8 Å². The lowest BCUT2D eigenvalue weighted by atomic mass is 10.0. The van der Waals surface area contributed by atoms with Crippen LogP contribution in [0.15, 0.2) is 84.0 Å². The summed E-state index contributed by atoms with van der Waals surface area (Å²) in [6.45, 7) is 2.42. The van der Waals surface area contributed by atoms with Crippen LogP contribution in [0.1, 0.15) is 33.2 Å². The van der Waals surface area contributed by atoms with Gasteiger partial charge in [0.15, 0.2) is 11.5 Å². The van der Waals surface area contributed by atoms with E-state index < -0.39 is 11.9 Å². The van der Waals surface area contributed by atoms with Crippen molar-refractivity contribution < 1.29 is 28.5 Å². The van der Waals surface area contributed by atoms with Crippen LogP contribution in [0.3, 0.4) is 0 Å². The van der Waals surface area contributed by atoms with Gasteiger partial charge >= 0.3 is 5.97 Å². The van der Waals surface area contributed by atoms with Crippen molar-refractivity contribution in [3.8, 4) is 23.0 Å². The van der Waals surface area contributed by atoms with E-state index in [0.717, 1.165) is 10.8 Å². The van der Waals surface area contributed by atoms with Crippen molar-refractivity contribution >= 4 is 28.9 Å². The summed E-state index contributed by atoms with van der Waals surface area (Å²) in [7, 11) is 3.01. The number of nitrogens with zero attached hydrogens (tertiary/aromatic N) is 1. The number of ether oxygens (including phenoxy) is 4. The first-order chi connectivity index (χ1) is 18.0. The Hall–Kier alpha value is -4.85. The average molecular weight is 499 g/mol. The lowest BCUT2D eigenvalue weighted by Gasteiger charge is -2.11. The molecule has 0 fully saturated rings. The first-order valence-corrected chi connectivity index (χ1v) is 11.6. The highest BCUT2D eigenvalue weighted by molar-refractivity contribution is 6.04. The predicted octanol–water partition coefficient (Wildman–Crippen LogP) is 5.24. The predicted molar refractivity (Wildman–Crippen MR) is 141 cm³/mol. The standard InChI is InChI=1S/C29H26N2O6/c1-4-36-22-13-9-20(10-14-22)29(33)37-25-15-11-19-7-5-6-8-23(19)24(25)18-30-31-28(32)21-12-16-26(34-2)27(17-21)35-3/h5-18H,4H2,1-3H3,(H,31,32). The summed E-state index contributed by atoms with van der Waals surface area (Å²) in [6, 6.07) is 22.7. The smallest absolute Gasteiger partial charge is 0.343 e. The number of carbonyl (C=O) groups is 2. The fraction of sp³-hybridized carbons (Fsp3) is 0.138. The summed E-state index contributed by atoms with van der Waals surface area (Å²) >= 11 is 0. The number of nitrogens with one attached hydrogen (secondary N) is 1. The minimum absolute atomic E-state index is 0.307. The van der Waals surface area contributed by atoms with E-state index in [4.69, 9.17) is 18.9 Å². The SMILES string of the molecule is CCOc1ccc(C(=O)Oc2ccc3ccccc3c2C=NNC(=O)c2ccc(OC)c(OC)c2)cc1. The normalized spacial score (nSPS) is 10.8. The van der Waals surface area contributed by atoms with Crippen LogP contribution in [-0.4, -0.2) is 38.9 Å². The Labute approximate surface area is 214 Å². The summed E-state index contributed by atoms with van der Waals surface area (Å²) in [4.78, 5) is 25.5. The number of carbonyl (C=O) groups excluding carboxylic acids is 2. The van der Waals surface area contributed by atoms with Crippen molar-refractivity contribution in [2.24, 2.45) is 5.10 Å². The molecule has 0 saturated heterocycles. The van der Waals surface area contributed by atoms with Gasteiger partial charge in [0.2, 0.25) is 0 Å². The first-order valence-electron chi connectivity index (χ1n) is 11.6. The largest absolute Gasteiger partial charge is 0.494 e. The molecular weight excluding hydrogens is 472 g/mol. The molecule has 0 spiro atoms. The molecule has 0 saturated carbocycles. The number of benzene rings is 4. The molecule has 0 bridgehead atoms. The third-order valence-corrected chi connectivity index (χ3v) is 5.54. The van der Waals surface area contributed by atoms with Crippen LogP contribution in [0, 0.1) is 0 Å². The summed E-state index contributed by atoms with van der Waals surface area (Å²) in [6.07, 6.45) is 1.46. The lowest BCUT2D eigenvalue weighted by Crippen LogP contribution is -2.18. The van der Waals surface area contributed by atoms with Gasteiger partial charge in [0.05, 0.1) is 32.6 Å². The van der Waals surface area contributed by atoms with Gasteiger partial charge < -0.3 is 18.9 Å². The second kappa shape index (κ2) is 11.7. The zero-order chi connectivity index (χ0) is 26.2. The molecule has 1 N–H and O–H groups in total. The fourth-order valence-corrected chi connectivity index (χ4v) is 3.71. The molecule has 4 rings (SSSR count). The summed E-state index contributed by atoms with van der Waals surface area (Å²) in [5, 5.41) is 5.87. The topological polar surface area (TPSA) is 95.5 Å². The van der Waals surface area contributed by atoms with Crippen LogP contribution in [-0.2, 0) is 0 Å². The van der Waals surface area contributed by atoms with E-state index in [1.807, 2.05) is 37.3 Å². The minimum atomic E-state index is -0.526. The maximum absolute atomic E-state index is 12.9. The molecule has 8 heteroatoms. The number of rotatable bonds is 9. The maximum atomic E-state index is 12.9. The van der Waals surface area contributed by atoms with Crippen LogP contribution in [0.4, 0.5) is 0 Å². The van der Waals surface area contributed by atoms with E-state index in [2.05, 4.69) is 10.5 Å². The van der Waals surface area contributed by atoms with E-state index in [1.54, 1.807) is 48.5 Å². The Morgan fingerprint density at radius 3 is 2.27 bits per heavy atom. The molecule has 0 unspecified atom stereocenters. The molecule has 1 amide bonds. The van der Waals surface area contributed by atoms with Crippen molar-refractivity contribution in [1.29, 1.82) is 0 Å². The van der Waals surface area contributed by atoms with Crippen LogP contribution < -0.4 is 24.4 Å². The van der Waals surface area contributed by atoms with Gasteiger partial charge in [-0.1, -0.05) is 30.3 Å². The zero-order valence-electron chi connectivity index (χ0n) is 20.7. The van der Waals surface area contributed by atoms with E-state index in [-0.39, 0.29) is 0 Å². The lowest BCUT2D eigenvalue weighted by molar-refractivity contribution is 0.0734. The van der Waals surface area contributed by atoms with Gasteiger partial charge in [-0.15, -0.1) is 0 Å². The van der Waals surface area contributed by atoms with Crippen LogP contribution in [0.5, 0.6) is 23.0 Å². The highest BCUT2D eigenvalue weighted by Gasteiger charge is 2.15. The molecule has 37 heavy (non-hydrogen) atoms. The minimum Gasteiger partial charge on any atom is -0.494 e. The van der Waals surface area contributed by atoms with Gasteiger partial charge in [-0.3, -0.25) is 4.79 Å². The molecule has 0 aliphatic heterocycles. The van der Waals surface area contributed by atoms with E-state index >= 15 is 0 Å². The van der Waals surface area contributed by atoms with Crippen molar-refractivity contribution in [1.82, 2.24) is 5.43 Å². The van der Waals surface area contributed by atoms with Gasteiger partial charge in [-0.2, -0.15) is 5.10 Å². The molecule has 0 aromatic heterocycles. The number of fused-ring (bicyclic) bond motifs is 1. The van der Waals surface area contributed by atoms with Gasteiger partial charge in [-0.05, 0) is 66.2 Å². The Morgan fingerprint density at radius 1 is 0.838 bits per heavy atom. The Bertz CT molecular complexity index is 1450. The van der Waals surface area contributed by atoms with Crippen molar-refractivity contribution in [3.63, 3.8) is 0 Å². The number of amides is 1. The quantitative estimate of drug-likeness (QED) is 0.147. The van der Waals surface area contributed by atoms with Gasteiger partial charge in [0, 0.05) is 11.1 Å². The third kappa shape index (κ3) is 5.87. The molecule has 0 aliphatic rings. The van der Waals surface area contributed by atoms with Crippen molar-refractivity contribution in [3.05, 3.63) is 95.6 Å². The van der Waals surface area contributed by atoms with Crippen LogP contribution >= 0.6 is 0 Å². The molecular formula is C29H26N2O6. The molecule has 188 valence electrons. The Balaban J connectivity index is 1.58. The van der Waals surface area contributed by atoms with Crippen molar-refractivity contribution in [2.45, 2.75) is 6.92 Å².